The normalized spacial score (nSPS) is 15.3. The fourth-order valence-corrected chi connectivity index (χ4v) is 6.50. The van der Waals surface area contributed by atoms with Crippen LogP contribution in [0.1, 0.15) is 57.0 Å². The van der Waals surface area contributed by atoms with Gasteiger partial charge in [-0.1, -0.05) is 24.3 Å². The molecule has 0 aliphatic carbocycles. The van der Waals surface area contributed by atoms with Crippen molar-refractivity contribution in [3.8, 4) is 22.3 Å². The van der Waals surface area contributed by atoms with Crippen LogP contribution in [0.5, 0.6) is 0 Å². The smallest absolute Gasteiger partial charge is 0.440 e. The molecule has 0 saturated carbocycles. The first-order valence-electron chi connectivity index (χ1n) is 12.5. The van der Waals surface area contributed by atoms with Gasteiger partial charge in [0.1, 0.15) is 0 Å². The second-order valence-electron chi connectivity index (χ2n) is 9.75. The lowest BCUT2D eigenvalue weighted by atomic mass is 9.96. The Kier molecular flexibility index (Phi) is 9.85. The van der Waals surface area contributed by atoms with Crippen LogP contribution in [0.4, 0.5) is 70.2 Å². The van der Waals surface area contributed by atoms with Crippen molar-refractivity contribution < 1.29 is 74.8 Å². The molecule has 0 amide bonds. The Labute approximate surface area is 259 Å². The molecule has 2 heterocycles. The van der Waals surface area contributed by atoms with Gasteiger partial charge < -0.3 is 4.55 Å². The fraction of sp³-hybridized carbons (Fsp3) is 0.308. The fourth-order valence-electron chi connectivity index (χ4n) is 4.79. The van der Waals surface area contributed by atoms with Crippen molar-refractivity contribution in [3.63, 3.8) is 0 Å². The van der Waals surface area contributed by atoms with Gasteiger partial charge in [0.15, 0.2) is 11.4 Å². The first-order valence-corrected chi connectivity index (χ1v) is 13.8. The molecular weight excluding hydrogens is 720 g/mol. The number of hydrogen-bond donors (Lipinski definition) is 2. The summed E-state index contributed by atoms with van der Waals surface area (Å²) in [7, 11) is 0. The summed E-state index contributed by atoms with van der Waals surface area (Å²) in [6, 6.07) is 1.18. The Morgan fingerprint density at radius 2 is 0.875 bits per heavy atom. The van der Waals surface area contributed by atoms with Gasteiger partial charge in [-0.25, -0.2) is 17.6 Å². The molecule has 2 atom stereocenters. The predicted octanol–water partition coefficient (Wildman–Crippen LogP) is 10.0. The largest absolute Gasteiger partial charge is 0.615 e. The Bertz CT molecular complexity index is 1610. The molecule has 2 unspecified atom stereocenters. The van der Waals surface area contributed by atoms with Gasteiger partial charge in [0, 0.05) is 45.8 Å². The lowest BCUT2D eigenvalue weighted by Gasteiger charge is -2.33. The number of aromatic nitrogens is 4. The Hall–Kier alpha value is -3.95. The van der Waals surface area contributed by atoms with E-state index in [0.29, 0.717) is 24.5 Å². The van der Waals surface area contributed by atoms with Crippen molar-refractivity contribution in [2.24, 2.45) is 0 Å². The van der Waals surface area contributed by atoms with Crippen molar-refractivity contribution in [2.45, 2.75) is 48.1 Å². The van der Waals surface area contributed by atoms with E-state index >= 15 is 0 Å². The van der Waals surface area contributed by atoms with Crippen molar-refractivity contribution in [3.05, 3.63) is 82.4 Å². The molecule has 22 heteroatoms. The van der Waals surface area contributed by atoms with E-state index in [1.165, 1.54) is 0 Å². The van der Waals surface area contributed by atoms with E-state index in [0.717, 1.165) is 0 Å². The summed E-state index contributed by atoms with van der Waals surface area (Å²) in [6.45, 7) is 0. The maximum atomic E-state index is 14.6. The average Bonchev–Trinajstić information content (AvgIpc) is 3.62. The molecule has 4 aromatic rings. The lowest BCUT2D eigenvalue weighted by Crippen LogP contribution is -2.39. The second-order valence-corrected chi connectivity index (χ2v) is 11.4. The molecule has 48 heavy (non-hydrogen) atoms. The molecular formula is C26H14F16N4OS. The van der Waals surface area contributed by atoms with E-state index in [-0.39, 0.29) is 24.3 Å². The van der Waals surface area contributed by atoms with Crippen LogP contribution in [0, 0.1) is 0 Å². The monoisotopic (exact) mass is 734 g/mol. The number of nitrogens with zero attached hydrogens (tertiary/aromatic N) is 2. The number of halogens is 16. The van der Waals surface area contributed by atoms with Gasteiger partial charge in [-0.15, -0.1) is 0 Å². The number of rotatable bonds is 8. The minimum Gasteiger partial charge on any atom is -0.615 e. The summed E-state index contributed by atoms with van der Waals surface area (Å²) >= 11 is -4.65. The zero-order valence-electron chi connectivity index (χ0n) is 22.7. The minimum atomic E-state index is -6.17. The molecule has 0 fully saturated rings. The molecule has 0 aliphatic heterocycles. The molecule has 262 valence electrons. The molecule has 2 aromatic carbocycles. The Morgan fingerprint density at radius 3 is 1.15 bits per heavy atom. The van der Waals surface area contributed by atoms with Crippen LogP contribution >= 0.6 is 0 Å². The zero-order chi connectivity index (χ0) is 36.1. The quantitative estimate of drug-likeness (QED) is 0.140. The molecule has 0 bridgehead atoms. The van der Waals surface area contributed by atoms with Crippen LogP contribution in [0.3, 0.4) is 0 Å². The van der Waals surface area contributed by atoms with Crippen LogP contribution in [0.25, 0.3) is 22.3 Å². The minimum absolute atomic E-state index is 0.0173. The van der Waals surface area contributed by atoms with Gasteiger partial charge in [-0.3, -0.25) is 10.2 Å². The van der Waals surface area contributed by atoms with E-state index in [1.54, 1.807) is 10.2 Å². The van der Waals surface area contributed by atoms with Gasteiger partial charge in [0.25, 0.3) is 12.9 Å². The average molecular weight is 734 g/mol. The molecule has 4 rings (SSSR count). The van der Waals surface area contributed by atoms with E-state index in [4.69, 9.17) is 0 Å². The standard InChI is InChI=1S/C26H14F16N4OS/c27-21(28)11-3-1-9(15-7-43-45-17(15)23(31,32)33)5-13(11)19(25(37,38)39)48(47)20(26(40,41)42)14-6-10(2-4-12(14)22(29)30)16-8-44-46-18(16)24(34,35)36/h1-8,19-22H,(H,43,45)(H,44,46). The van der Waals surface area contributed by atoms with Crippen LogP contribution in [0.2, 0.25) is 0 Å². The molecule has 5 nitrogen and oxygen atoms in total. The van der Waals surface area contributed by atoms with Gasteiger partial charge in [0.2, 0.25) is 10.5 Å². The maximum Gasteiger partial charge on any atom is 0.440 e. The Balaban J connectivity index is 1.99. The topological polar surface area (TPSA) is 80.4 Å². The third kappa shape index (κ3) is 7.37. The number of hydrogen-bond acceptors (Lipinski definition) is 3. The Morgan fingerprint density at radius 1 is 0.542 bits per heavy atom. The first kappa shape index (κ1) is 36.9. The van der Waals surface area contributed by atoms with E-state index in [2.05, 4.69) is 10.2 Å². The number of H-pyrrole nitrogens is 2. The number of benzene rings is 2. The molecule has 0 radical (unpaired) electrons. The maximum absolute atomic E-state index is 14.6. The van der Waals surface area contributed by atoms with Crippen molar-refractivity contribution in [2.75, 3.05) is 0 Å². The summed E-state index contributed by atoms with van der Waals surface area (Å²) < 4.78 is 237. The summed E-state index contributed by atoms with van der Waals surface area (Å²) in [5.74, 6) is 0. The van der Waals surface area contributed by atoms with Gasteiger partial charge in [-0.05, 0) is 34.4 Å². The third-order valence-electron chi connectivity index (χ3n) is 6.71. The molecule has 2 N–H and O–H groups in total. The van der Waals surface area contributed by atoms with Crippen molar-refractivity contribution in [1.82, 2.24) is 20.4 Å². The van der Waals surface area contributed by atoms with E-state index < -0.39 is 115 Å². The summed E-state index contributed by atoms with van der Waals surface area (Å²) in [5.41, 5.74) is -14.8. The van der Waals surface area contributed by atoms with Crippen LogP contribution in [-0.2, 0) is 23.5 Å². The van der Waals surface area contributed by atoms with E-state index in [9.17, 15) is 74.8 Å². The van der Waals surface area contributed by atoms with Crippen LogP contribution < -0.4 is 0 Å². The van der Waals surface area contributed by atoms with E-state index in [1.807, 2.05) is 0 Å². The highest BCUT2D eigenvalue weighted by molar-refractivity contribution is 7.92. The number of aromatic amines is 2. The lowest BCUT2D eigenvalue weighted by molar-refractivity contribution is -0.142. The van der Waals surface area contributed by atoms with Crippen molar-refractivity contribution in [1.29, 1.82) is 0 Å². The first-order chi connectivity index (χ1) is 21.9. The third-order valence-corrected chi connectivity index (χ3v) is 8.68. The van der Waals surface area contributed by atoms with Crippen LogP contribution in [0.15, 0.2) is 48.8 Å². The van der Waals surface area contributed by atoms with Gasteiger partial charge >= 0.3 is 24.7 Å². The molecule has 2 aromatic heterocycles. The molecule has 0 spiro atoms. The highest BCUT2D eigenvalue weighted by Gasteiger charge is 2.61. The summed E-state index contributed by atoms with van der Waals surface area (Å²) in [6.07, 6.45) is -29.8. The zero-order valence-corrected chi connectivity index (χ0v) is 23.5. The second kappa shape index (κ2) is 12.8. The number of alkyl halides is 16. The van der Waals surface area contributed by atoms with Gasteiger partial charge in [-0.2, -0.15) is 62.9 Å². The molecule has 0 aliphatic rings. The highest BCUT2D eigenvalue weighted by atomic mass is 32.2. The van der Waals surface area contributed by atoms with Crippen LogP contribution in [-0.4, -0.2) is 37.3 Å². The highest BCUT2D eigenvalue weighted by Crippen LogP contribution is 2.54. The summed E-state index contributed by atoms with van der Waals surface area (Å²) in [4.78, 5) is 0. The summed E-state index contributed by atoms with van der Waals surface area (Å²) in [5, 5.41) is 1.02. The predicted molar refractivity (Wildman–Crippen MR) is 134 cm³/mol. The van der Waals surface area contributed by atoms with Crippen molar-refractivity contribution >= 4 is 11.2 Å². The number of nitrogens with one attached hydrogen (secondary N) is 2. The SMILES string of the molecule is [O-][S+](C(c1cc(-c2c[nH]nc2C(F)(F)F)ccc1C(F)F)C(F)(F)F)C(c1cc(-c2c[nH]nc2C(F)(F)F)ccc1C(F)F)C(F)(F)F. The molecule has 0 saturated heterocycles. The van der Waals surface area contributed by atoms with Gasteiger partial charge in [0.05, 0.1) is 0 Å².